The summed E-state index contributed by atoms with van der Waals surface area (Å²) in [6.07, 6.45) is 8.55. The van der Waals surface area contributed by atoms with Crippen LogP contribution in [0.1, 0.15) is 5.82 Å². The van der Waals surface area contributed by atoms with Gasteiger partial charge in [0.2, 0.25) is 0 Å². The van der Waals surface area contributed by atoms with Gasteiger partial charge in [0.1, 0.15) is 5.82 Å². The van der Waals surface area contributed by atoms with Crippen LogP contribution in [0.25, 0.3) is 0 Å². The molecule has 1 heterocycles. The first kappa shape index (κ1) is 7.04. The average molecular weight is 153 g/mol. The molecule has 0 aliphatic heterocycles. The summed E-state index contributed by atoms with van der Waals surface area (Å²) < 4.78 is 0. The van der Waals surface area contributed by atoms with E-state index in [-0.39, 0.29) is 0 Å². The summed E-state index contributed by atoms with van der Waals surface area (Å²) in [6, 6.07) is 0. The van der Waals surface area contributed by atoms with Gasteiger partial charge in [0.15, 0.2) is 0 Å². The van der Waals surface area contributed by atoms with E-state index in [0.717, 1.165) is 0 Å². The van der Waals surface area contributed by atoms with Crippen molar-refractivity contribution in [3.8, 4) is 12.3 Å². The van der Waals surface area contributed by atoms with Crippen LogP contribution in [0.3, 0.4) is 0 Å². The summed E-state index contributed by atoms with van der Waals surface area (Å²) >= 11 is 5.54. The SMILES string of the molecule is C#CCc1ncc(Cl)cn1. The standard InChI is InChI=1S/C7H5ClN2/c1-2-3-7-9-4-6(8)5-10-7/h1,4-5H,3H2. The van der Waals surface area contributed by atoms with Crippen molar-refractivity contribution in [1.29, 1.82) is 0 Å². The fourth-order valence-electron chi connectivity index (χ4n) is 0.522. The van der Waals surface area contributed by atoms with Crippen molar-refractivity contribution in [3.63, 3.8) is 0 Å². The van der Waals surface area contributed by atoms with Crippen LogP contribution in [0.5, 0.6) is 0 Å². The second-order valence-electron chi connectivity index (χ2n) is 1.70. The van der Waals surface area contributed by atoms with Gasteiger partial charge >= 0.3 is 0 Å². The van der Waals surface area contributed by atoms with Crippen molar-refractivity contribution < 1.29 is 0 Å². The Kier molecular flexibility index (Phi) is 2.24. The van der Waals surface area contributed by atoms with Crippen LogP contribution >= 0.6 is 11.6 Å². The maximum absolute atomic E-state index is 5.54. The summed E-state index contributed by atoms with van der Waals surface area (Å²) in [5, 5.41) is 0.528. The number of rotatable bonds is 1. The molecule has 0 aliphatic carbocycles. The molecule has 0 radical (unpaired) electrons. The molecule has 1 aromatic rings. The van der Waals surface area contributed by atoms with E-state index in [0.29, 0.717) is 17.3 Å². The Morgan fingerprint density at radius 3 is 2.60 bits per heavy atom. The van der Waals surface area contributed by atoms with Crippen LogP contribution in [0.2, 0.25) is 5.02 Å². The topological polar surface area (TPSA) is 25.8 Å². The Morgan fingerprint density at radius 2 is 2.10 bits per heavy atom. The van der Waals surface area contributed by atoms with Gasteiger partial charge in [-0.25, -0.2) is 9.97 Å². The van der Waals surface area contributed by atoms with E-state index in [1.165, 1.54) is 12.4 Å². The summed E-state index contributed by atoms with van der Waals surface area (Å²) in [6.45, 7) is 0. The van der Waals surface area contributed by atoms with Crippen LogP contribution in [-0.4, -0.2) is 9.97 Å². The Hall–Kier alpha value is -1.07. The summed E-state index contributed by atoms with van der Waals surface area (Å²) in [4.78, 5) is 7.76. The van der Waals surface area contributed by atoms with Gasteiger partial charge in [0, 0.05) is 12.4 Å². The monoisotopic (exact) mass is 152 g/mol. The Balaban J connectivity index is 2.81. The molecule has 10 heavy (non-hydrogen) atoms. The molecule has 0 amide bonds. The van der Waals surface area contributed by atoms with Crippen LogP contribution in [0.4, 0.5) is 0 Å². The van der Waals surface area contributed by atoms with Gasteiger partial charge in [-0.1, -0.05) is 17.5 Å². The van der Waals surface area contributed by atoms with Gasteiger partial charge in [0.25, 0.3) is 0 Å². The van der Waals surface area contributed by atoms with Crippen LogP contribution in [0, 0.1) is 12.3 Å². The molecule has 1 aromatic heterocycles. The molecule has 0 aliphatic rings. The normalized spacial score (nSPS) is 8.80. The lowest BCUT2D eigenvalue weighted by molar-refractivity contribution is 1.00. The van der Waals surface area contributed by atoms with Crippen molar-refractivity contribution in [2.75, 3.05) is 0 Å². The summed E-state index contributed by atoms with van der Waals surface area (Å²) in [7, 11) is 0. The lowest BCUT2D eigenvalue weighted by Crippen LogP contribution is -1.90. The maximum Gasteiger partial charge on any atom is 0.140 e. The minimum atomic E-state index is 0.456. The molecule has 0 saturated carbocycles. The van der Waals surface area contributed by atoms with E-state index in [9.17, 15) is 0 Å². The molecule has 0 N–H and O–H groups in total. The zero-order chi connectivity index (χ0) is 7.40. The summed E-state index contributed by atoms with van der Waals surface area (Å²) in [5.41, 5.74) is 0. The zero-order valence-electron chi connectivity index (χ0n) is 5.21. The molecule has 0 bridgehead atoms. The predicted molar refractivity (Wildman–Crippen MR) is 39.6 cm³/mol. The van der Waals surface area contributed by atoms with Crippen molar-refractivity contribution in [3.05, 3.63) is 23.2 Å². The van der Waals surface area contributed by atoms with Crippen LogP contribution in [-0.2, 0) is 6.42 Å². The lowest BCUT2D eigenvalue weighted by atomic mass is 10.4. The van der Waals surface area contributed by atoms with Crippen molar-refractivity contribution >= 4 is 11.6 Å². The largest absolute Gasteiger partial charge is 0.239 e. The molecule has 0 fully saturated rings. The van der Waals surface area contributed by atoms with Gasteiger partial charge in [0.05, 0.1) is 11.4 Å². The highest BCUT2D eigenvalue weighted by Crippen LogP contribution is 2.02. The van der Waals surface area contributed by atoms with E-state index in [1.807, 2.05) is 0 Å². The number of terminal acetylenes is 1. The highest BCUT2D eigenvalue weighted by Gasteiger charge is 1.91. The number of hydrogen-bond acceptors (Lipinski definition) is 2. The maximum atomic E-state index is 5.54. The Morgan fingerprint density at radius 1 is 1.50 bits per heavy atom. The van der Waals surface area contributed by atoms with Crippen LogP contribution < -0.4 is 0 Å². The fraction of sp³-hybridized carbons (Fsp3) is 0.143. The minimum Gasteiger partial charge on any atom is -0.239 e. The van der Waals surface area contributed by atoms with Gasteiger partial charge in [-0.2, -0.15) is 0 Å². The first-order valence-corrected chi connectivity index (χ1v) is 3.10. The van der Waals surface area contributed by atoms with E-state index in [4.69, 9.17) is 18.0 Å². The third-order valence-corrected chi connectivity index (χ3v) is 1.13. The third kappa shape index (κ3) is 1.71. The molecule has 3 heteroatoms. The molecule has 0 saturated heterocycles. The minimum absolute atomic E-state index is 0.456. The van der Waals surface area contributed by atoms with E-state index < -0.39 is 0 Å². The molecule has 1 rings (SSSR count). The van der Waals surface area contributed by atoms with Gasteiger partial charge in [-0.15, -0.1) is 6.42 Å². The van der Waals surface area contributed by atoms with Crippen molar-refractivity contribution in [2.24, 2.45) is 0 Å². The number of aromatic nitrogens is 2. The molecular weight excluding hydrogens is 148 g/mol. The zero-order valence-corrected chi connectivity index (χ0v) is 5.97. The third-order valence-electron chi connectivity index (χ3n) is 0.934. The highest BCUT2D eigenvalue weighted by atomic mass is 35.5. The quantitative estimate of drug-likeness (QED) is 0.567. The van der Waals surface area contributed by atoms with Crippen LogP contribution in [0.15, 0.2) is 12.4 Å². The second-order valence-corrected chi connectivity index (χ2v) is 2.13. The molecule has 0 atom stereocenters. The summed E-state index contributed by atoms with van der Waals surface area (Å²) in [5.74, 6) is 3.07. The highest BCUT2D eigenvalue weighted by molar-refractivity contribution is 6.30. The fourth-order valence-corrected chi connectivity index (χ4v) is 0.619. The van der Waals surface area contributed by atoms with E-state index in [2.05, 4.69) is 15.9 Å². The second kappa shape index (κ2) is 3.19. The smallest absolute Gasteiger partial charge is 0.140 e. The molecule has 50 valence electrons. The first-order chi connectivity index (χ1) is 4.83. The Labute approximate surface area is 64.3 Å². The average Bonchev–Trinajstić information content (AvgIpc) is 1.95. The van der Waals surface area contributed by atoms with Gasteiger partial charge in [-0.3, -0.25) is 0 Å². The Bertz CT molecular complexity index is 247. The molecule has 0 aromatic carbocycles. The first-order valence-electron chi connectivity index (χ1n) is 2.73. The molecule has 2 nitrogen and oxygen atoms in total. The number of hydrogen-bond donors (Lipinski definition) is 0. The molecule has 0 spiro atoms. The van der Waals surface area contributed by atoms with E-state index >= 15 is 0 Å². The number of halogens is 1. The number of nitrogens with zero attached hydrogens (tertiary/aromatic N) is 2. The van der Waals surface area contributed by atoms with Gasteiger partial charge < -0.3 is 0 Å². The molecule has 0 unspecified atom stereocenters. The lowest BCUT2D eigenvalue weighted by Gasteiger charge is -1.91. The predicted octanol–water partition coefficient (Wildman–Crippen LogP) is 1.31. The van der Waals surface area contributed by atoms with Crippen molar-refractivity contribution in [2.45, 2.75) is 6.42 Å². The van der Waals surface area contributed by atoms with E-state index in [1.54, 1.807) is 0 Å². The van der Waals surface area contributed by atoms with Crippen molar-refractivity contribution in [1.82, 2.24) is 9.97 Å². The molecular formula is C7H5ClN2. The van der Waals surface area contributed by atoms with Gasteiger partial charge in [-0.05, 0) is 0 Å².